The maximum atomic E-state index is 2.45. The summed E-state index contributed by atoms with van der Waals surface area (Å²) in [6.07, 6.45) is 0. The number of hydrogen-bond acceptors (Lipinski definition) is 1. The van der Waals surface area contributed by atoms with E-state index in [-0.39, 0.29) is 0 Å². The first-order valence-corrected chi connectivity index (χ1v) is 21.8. The molecule has 0 atom stereocenters. The minimum Gasteiger partial charge on any atom is -0.310 e. The first kappa shape index (κ1) is 35.5. The van der Waals surface area contributed by atoms with Crippen LogP contribution >= 0.6 is 0 Å². The Morgan fingerprint density at radius 3 is 1.13 bits per heavy atom. The van der Waals surface area contributed by atoms with E-state index in [2.05, 4.69) is 241 Å². The van der Waals surface area contributed by atoms with E-state index in [1.807, 2.05) is 0 Å². The van der Waals surface area contributed by atoms with Gasteiger partial charge in [-0.3, -0.25) is 0 Å². The Balaban J connectivity index is 1.03. The van der Waals surface area contributed by atoms with Crippen LogP contribution in [-0.4, -0.2) is 0 Å². The summed E-state index contributed by atoms with van der Waals surface area (Å²) in [6, 6.07) is 87.5. The van der Waals surface area contributed by atoms with Crippen molar-refractivity contribution in [1.82, 2.24) is 0 Å². The molecule has 13 rings (SSSR count). The Morgan fingerprint density at radius 2 is 0.571 bits per heavy atom. The molecule has 0 saturated heterocycles. The van der Waals surface area contributed by atoms with Crippen molar-refractivity contribution in [3.05, 3.63) is 237 Å². The molecule has 0 aliphatic heterocycles. The van der Waals surface area contributed by atoms with Gasteiger partial charge >= 0.3 is 0 Å². The molecular formula is C62H39N. The molecule has 0 radical (unpaired) electrons. The fraction of sp³-hybridized carbons (Fsp3) is 0. The number of fused-ring (bicyclic) bond motifs is 3. The molecule has 0 amide bonds. The third-order valence-electron chi connectivity index (χ3n) is 13.3. The second-order valence-electron chi connectivity index (χ2n) is 16.9. The summed E-state index contributed by atoms with van der Waals surface area (Å²) in [5.41, 5.74) is 10.5. The summed E-state index contributed by atoms with van der Waals surface area (Å²) >= 11 is 0. The van der Waals surface area contributed by atoms with Gasteiger partial charge in [0.15, 0.2) is 0 Å². The van der Waals surface area contributed by atoms with Crippen LogP contribution in [0.1, 0.15) is 0 Å². The van der Waals surface area contributed by atoms with Crippen LogP contribution in [0.4, 0.5) is 17.1 Å². The van der Waals surface area contributed by atoms with Crippen molar-refractivity contribution >= 4 is 92.5 Å². The highest BCUT2D eigenvalue weighted by molar-refractivity contribution is 6.37. The van der Waals surface area contributed by atoms with Crippen molar-refractivity contribution in [2.24, 2.45) is 0 Å². The molecule has 1 nitrogen and oxygen atoms in total. The highest BCUT2D eigenvalue weighted by atomic mass is 15.1. The van der Waals surface area contributed by atoms with Crippen molar-refractivity contribution in [3.63, 3.8) is 0 Å². The van der Waals surface area contributed by atoms with Gasteiger partial charge in [-0.1, -0.05) is 194 Å². The van der Waals surface area contributed by atoms with Gasteiger partial charge in [-0.15, -0.1) is 0 Å². The summed E-state index contributed by atoms with van der Waals surface area (Å²) in [6.45, 7) is 0. The predicted octanol–water partition coefficient (Wildman–Crippen LogP) is 17.7. The van der Waals surface area contributed by atoms with Crippen molar-refractivity contribution in [1.29, 1.82) is 0 Å². The first-order chi connectivity index (χ1) is 31.2. The van der Waals surface area contributed by atoms with Gasteiger partial charge in [-0.05, 0) is 151 Å². The van der Waals surface area contributed by atoms with E-state index in [1.54, 1.807) is 0 Å². The molecule has 1 heteroatoms. The van der Waals surface area contributed by atoms with Gasteiger partial charge in [-0.25, -0.2) is 0 Å². The van der Waals surface area contributed by atoms with Crippen LogP contribution < -0.4 is 4.90 Å². The van der Waals surface area contributed by atoms with Gasteiger partial charge in [0.2, 0.25) is 0 Å². The number of rotatable bonds is 6. The summed E-state index contributed by atoms with van der Waals surface area (Å²) in [4.78, 5) is 2.44. The van der Waals surface area contributed by atoms with Crippen LogP contribution in [0, 0.1) is 0 Å². The molecule has 0 aromatic heterocycles. The maximum absolute atomic E-state index is 2.45. The first-order valence-electron chi connectivity index (χ1n) is 21.8. The third-order valence-corrected chi connectivity index (χ3v) is 13.3. The Kier molecular flexibility index (Phi) is 7.98. The van der Waals surface area contributed by atoms with Gasteiger partial charge in [-0.2, -0.15) is 0 Å². The van der Waals surface area contributed by atoms with E-state index in [0.717, 1.165) is 17.1 Å². The predicted molar refractivity (Wildman–Crippen MR) is 271 cm³/mol. The molecule has 0 aliphatic carbocycles. The molecule has 0 unspecified atom stereocenters. The number of anilines is 3. The second kappa shape index (κ2) is 14.2. The quantitative estimate of drug-likeness (QED) is 0.152. The van der Waals surface area contributed by atoms with Gasteiger partial charge in [0.1, 0.15) is 0 Å². The normalized spacial score (nSPS) is 11.8. The van der Waals surface area contributed by atoms with Crippen molar-refractivity contribution < 1.29 is 0 Å². The van der Waals surface area contributed by atoms with E-state index in [9.17, 15) is 0 Å². The molecule has 0 fully saturated rings. The Morgan fingerprint density at radius 1 is 0.190 bits per heavy atom. The molecule has 0 N–H and O–H groups in total. The molecule has 0 spiro atoms. The summed E-state index contributed by atoms with van der Waals surface area (Å²) < 4.78 is 0. The SMILES string of the molecule is c1ccc(-c2ccc(-c3ccc(N(c4ccc(-c5ccc6ccccc6c5)cc4)c4cc5ccc6cccc7c8cccc9ccc%10cccc(c(c4)c5c67)c%10c98)cc3)cc2)cc1. The van der Waals surface area contributed by atoms with Crippen molar-refractivity contribution in [2.45, 2.75) is 0 Å². The van der Waals surface area contributed by atoms with E-state index in [0.29, 0.717) is 0 Å². The minimum absolute atomic E-state index is 1.10. The van der Waals surface area contributed by atoms with Gasteiger partial charge in [0.25, 0.3) is 0 Å². The van der Waals surface area contributed by atoms with Crippen molar-refractivity contribution in [3.8, 4) is 33.4 Å². The van der Waals surface area contributed by atoms with Crippen molar-refractivity contribution in [2.75, 3.05) is 4.90 Å². The Hall–Kier alpha value is -8.26. The zero-order valence-corrected chi connectivity index (χ0v) is 34.5. The van der Waals surface area contributed by atoms with Crippen LogP contribution in [0.5, 0.6) is 0 Å². The molecule has 0 aliphatic rings. The molecule has 0 heterocycles. The lowest BCUT2D eigenvalue weighted by molar-refractivity contribution is 1.29. The summed E-state index contributed by atoms with van der Waals surface area (Å²) in [5.74, 6) is 0. The lowest BCUT2D eigenvalue weighted by atomic mass is 9.87. The monoisotopic (exact) mass is 797 g/mol. The zero-order chi connectivity index (χ0) is 41.4. The number of benzene rings is 12. The largest absolute Gasteiger partial charge is 0.310 e. The molecule has 292 valence electrons. The fourth-order valence-corrected chi connectivity index (χ4v) is 10.3. The van der Waals surface area contributed by atoms with Crippen LogP contribution in [-0.2, 0) is 0 Å². The second-order valence-corrected chi connectivity index (χ2v) is 16.9. The molecule has 0 saturated carbocycles. The van der Waals surface area contributed by atoms with E-state index < -0.39 is 0 Å². The van der Waals surface area contributed by atoms with Gasteiger partial charge in [0.05, 0.1) is 0 Å². The smallest absolute Gasteiger partial charge is 0.0474 e. The molecule has 63 heavy (non-hydrogen) atoms. The standard InChI is InChI=1S/C62H39N/c1-2-9-40(10-3-1)42-19-21-43(22-20-42)44-29-33-52(34-30-44)63(53-35-31-45(32-36-53)50-27-23-41-11-4-5-12-49(41)37-50)54-38-51-28-26-48-14-7-17-56-55-16-6-13-46-24-25-47-15-8-18-57(61(47)59(46)55)58(39-54)62(51)60(48)56/h1-39H. The van der Waals surface area contributed by atoms with Crippen LogP contribution in [0.3, 0.4) is 0 Å². The third kappa shape index (κ3) is 5.78. The lowest BCUT2D eigenvalue weighted by Crippen LogP contribution is -2.10. The minimum atomic E-state index is 1.10. The number of hydrogen-bond donors (Lipinski definition) is 0. The summed E-state index contributed by atoms with van der Waals surface area (Å²) in [7, 11) is 0. The highest BCUT2D eigenvalue weighted by Crippen LogP contribution is 2.46. The maximum Gasteiger partial charge on any atom is 0.0474 e. The summed E-state index contributed by atoms with van der Waals surface area (Å²) in [5, 5.41) is 17.8. The van der Waals surface area contributed by atoms with Gasteiger partial charge in [0, 0.05) is 17.1 Å². The topological polar surface area (TPSA) is 3.24 Å². The van der Waals surface area contributed by atoms with E-state index >= 15 is 0 Å². The van der Waals surface area contributed by atoms with Gasteiger partial charge < -0.3 is 4.90 Å². The van der Waals surface area contributed by atoms with E-state index in [4.69, 9.17) is 0 Å². The Labute approximate surface area is 365 Å². The highest BCUT2D eigenvalue weighted by Gasteiger charge is 2.20. The molecular weight excluding hydrogens is 759 g/mol. The van der Waals surface area contributed by atoms with Crippen LogP contribution in [0.15, 0.2) is 237 Å². The molecule has 13 aromatic rings. The number of nitrogens with zero attached hydrogens (tertiary/aromatic N) is 1. The average Bonchev–Trinajstić information content (AvgIpc) is 3.35. The lowest BCUT2D eigenvalue weighted by Gasteiger charge is -2.27. The average molecular weight is 798 g/mol. The fourth-order valence-electron chi connectivity index (χ4n) is 10.3. The van der Waals surface area contributed by atoms with E-state index in [1.165, 1.54) is 109 Å². The van der Waals surface area contributed by atoms with Crippen LogP contribution in [0.25, 0.3) is 109 Å². The molecule has 13 aromatic carbocycles. The molecule has 0 bridgehead atoms. The Bertz CT molecular complexity index is 3860. The van der Waals surface area contributed by atoms with Crippen LogP contribution in [0.2, 0.25) is 0 Å². The zero-order valence-electron chi connectivity index (χ0n) is 34.5.